The molecule has 1 aliphatic heterocycles. The molecule has 0 bridgehead atoms. The number of hydrogen-bond acceptors (Lipinski definition) is 3. The molecule has 0 N–H and O–H groups in total. The highest BCUT2D eigenvalue weighted by molar-refractivity contribution is 14.1. The lowest BCUT2D eigenvalue weighted by Gasteiger charge is -2.49. The number of hydrogen-bond donors (Lipinski definition) is 0. The van der Waals surface area contributed by atoms with Crippen molar-refractivity contribution in [1.29, 1.82) is 0 Å². The third-order valence-corrected chi connectivity index (χ3v) is 4.13. The highest BCUT2D eigenvalue weighted by Crippen LogP contribution is 2.44. The van der Waals surface area contributed by atoms with Crippen molar-refractivity contribution in [2.24, 2.45) is 5.92 Å². The smallest absolute Gasteiger partial charge is 0.109 e. The van der Waals surface area contributed by atoms with Crippen LogP contribution >= 0.6 is 23.0 Å². The van der Waals surface area contributed by atoms with Gasteiger partial charge in [-0.05, 0) is 39.7 Å². The minimum atomic E-state index is 0.358. The zero-order valence-corrected chi connectivity index (χ0v) is 11.8. The summed E-state index contributed by atoms with van der Waals surface area (Å²) in [5, 5.41) is 0. The maximum absolute atomic E-state index is 5.90. The van der Waals surface area contributed by atoms with Gasteiger partial charge < -0.3 is 7.80 Å². The molecule has 4 unspecified atom stereocenters. The van der Waals surface area contributed by atoms with Gasteiger partial charge in [-0.2, -0.15) is 0 Å². The molecule has 0 radical (unpaired) electrons. The zero-order valence-electron chi connectivity index (χ0n) is 9.65. The molecule has 2 rings (SSSR count). The Hall–Kier alpha value is 0.610. The van der Waals surface area contributed by atoms with Crippen LogP contribution in [-0.4, -0.2) is 42.8 Å². The highest BCUT2D eigenvalue weighted by Gasteiger charge is 2.52. The topological polar surface area (TPSA) is 21.7 Å². The Morgan fingerprint density at radius 2 is 2.13 bits per heavy atom. The number of likely N-dealkylation sites (N-methyl/N-ethyl adjacent to an activating group) is 1. The molecule has 2 aliphatic rings. The van der Waals surface area contributed by atoms with E-state index in [1.165, 1.54) is 12.8 Å². The zero-order chi connectivity index (χ0) is 11.0. The van der Waals surface area contributed by atoms with Crippen molar-refractivity contribution in [2.75, 3.05) is 13.7 Å². The van der Waals surface area contributed by atoms with Gasteiger partial charge in [-0.1, -0.05) is 0 Å². The van der Waals surface area contributed by atoms with Gasteiger partial charge in [0.1, 0.15) is 23.0 Å². The van der Waals surface area contributed by atoms with Crippen molar-refractivity contribution < 1.29 is 7.80 Å². The summed E-state index contributed by atoms with van der Waals surface area (Å²) < 4.78 is 11.1. The van der Waals surface area contributed by atoms with Gasteiger partial charge in [-0.25, -0.2) is 0 Å². The SMILES string of the molecule is CC(C)OC1CC2C(COI)N(C)C2C1. The molecule has 88 valence electrons. The molecular formula is C11H20INO2. The molecule has 1 heterocycles. The minimum Gasteiger partial charge on any atom is -0.375 e. The van der Waals surface area contributed by atoms with E-state index in [0.717, 1.165) is 18.6 Å². The third-order valence-electron chi connectivity index (χ3n) is 3.77. The van der Waals surface area contributed by atoms with Gasteiger partial charge in [0.2, 0.25) is 0 Å². The molecule has 0 spiro atoms. The lowest BCUT2D eigenvalue weighted by Crippen LogP contribution is -2.60. The van der Waals surface area contributed by atoms with Crippen LogP contribution in [0.5, 0.6) is 0 Å². The summed E-state index contributed by atoms with van der Waals surface area (Å²) in [6.45, 7) is 5.09. The monoisotopic (exact) mass is 325 g/mol. The molecule has 0 aromatic carbocycles. The van der Waals surface area contributed by atoms with Crippen LogP contribution in [0.15, 0.2) is 0 Å². The lowest BCUT2D eigenvalue weighted by atomic mass is 9.83. The van der Waals surface area contributed by atoms with Crippen molar-refractivity contribution in [3.63, 3.8) is 0 Å². The minimum absolute atomic E-state index is 0.358. The molecule has 4 heteroatoms. The molecular weight excluding hydrogens is 305 g/mol. The Bertz CT molecular complexity index is 225. The summed E-state index contributed by atoms with van der Waals surface area (Å²) in [6, 6.07) is 1.36. The Balaban J connectivity index is 1.86. The van der Waals surface area contributed by atoms with E-state index < -0.39 is 0 Å². The average Bonchev–Trinajstić information content (AvgIpc) is 2.53. The van der Waals surface area contributed by atoms with Gasteiger partial charge in [0, 0.05) is 12.1 Å². The average molecular weight is 325 g/mol. The Morgan fingerprint density at radius 1 is 1.40 bits per heavy atom. The second-order valence-electron chi connectivity index (χ2n) is 5.02. The number of likely N-dealkylation sites (tertiary alicyclic amines) is 1. The van der Waals surface area contributed by atoms with Crippen molar-refractivity contribution >= 4 is 23.0 Å². The predicted molar refractivity (Wildman–Crippen MR) is 68.0 cm³/mol. The molecule has 0 aromatic heterocycles. The summed E-state index contributed by atoms with van der Waals surface area (Å²) in [5.74, 6) is 0.800. The van der Waals surface area contributed by atoms with E-state index >= 15 is 0 Å². The van der Waals surface area contributed by atoms with Crippen LogP contribution in [0.1, 0.15) is 26.7 Å². The quantitative estimate of drug-likeness (QED) is 0.740. The van der Waals surface area contributed by atoms with E-state index in [-0.39, 0.29) is 0 Å². The first-order valence-electron chi connectivity index (χ1n) is 5.74. The van der Waals surface area contributed by atoms with E-state index in [2.05, 4.69) is 25.8 Å². The van der Waals surface area contributed by atoms with E-state index in [4.69, 9.17) is 7.80 Å². The van der Waals surface area contributed by atoms with Gasteiger partial charge in [-0.3, -0.25) is 4.90 Å². The van der Waals surface area contributed by atoms with Crippen molar-refractivity contribution in [3.05, 3.63) is 0 Å². The van der Waals surface area contributed by atoms with E-state index in [9.17, 15) is 0 Å². The largest absolute Gasteiger partial charge is 0.375 e. The summed E-state index contributed by atoms with van der Waals surface area (Å²) >= 11 is 1.99. The first-order chi connectivity index (χ1) is 7.13. The van der Waals surface area contributed by atoms with Crippen LogP contribution in [0.25, 0.3) is 0 Å². The molecule has 4 atom stereocenters. The van der Waals surface area contributed by atoms with Crippen LogP contribution < -0.4 is 0 Å². The van der Waals surface area contributed by atoms with Crippen LogP contribution in [0, 0.1) is 5.92 Å². The van der Waals surface area contributed by atoms with Crippen LogP contribution in [-0.2, 0) is 7.80 Å². The fourth-order valence-electron chi connectivity index (χ4n) is 3.13. The Labute approximate surface area is 106 Å². The molecule has 3 nitrogen and oxygen atoms in total. The molecule has 0 aromatic rings. The van der Waals surface area contributed by atoms with E-state index in [0.29, 0.717) is 18.2 Å². The van der Waals surface area contributed by atoms with Gasteiger partial charge in [0.25, 0.3) is 0 Å². The van der Waals surface area contributed by atoms with E-state index in [1.807, 2.05) is 23.0 Å². The van der Waals surface area contributed by atoms with Crippen molar-refractivity contribution in [1.82, 2.24) is 4.90 Å². The predicted octanol–water partition coefficient (Wildman–Crippen LogP) is 2.24. The molecule has 1 saturated carbocycles. The number of halogens is 1. The molecule has 0 amide bonds. The third kappa shape index (κ3) is 2.33. The molecule has 2 fully saturated rings. The number of fused-ring (bicyclic) bond motifs is 1. The van der Waals surface area contributed by atoms with Gasteiger partial charge >= 0.3 is 0 Å². The summed E-state index contributed by atoms with van der Waals surface area (Å²) in [4.78, 5) is 2.45. The first kappa shape index (κ1) is 12.1. The van der Waals surface area contributed by atoms with Crippen LogP contribution in [0.3, 0.4) is 0 Å². The summed E-state index contributed by atoms with van der Waals surface area (Å²) in [5.41, 5.74) is 0. The molecule has 1 aliphatic carbocycles. The second kappa shape index (κ2) is 4.85. The second-order valence-corrected chi connectivity index (χ2v) is 5.64. The van der Waals surface area contributed by atoms with Crippen molar-refractivity contribution in [2.45, 2.75) is 51.0 Å². The van der Waals surface area contributed by atoms with Gasteiger partial charge in [-0.15, -0.1) is 0 Å². The lowest BCUT2D eigenvalue weighted by molar-refractivity contribution is -0.0303. The first-order valence-corrected chi connectivity index (χ1v) is 6.62. The number of ether oxygens (including phenoxy) is 1. The van der Waals surface area contributed by atoms with Crippen molar-refractivity contribution in [3.8, 4) is 0 Å². The summed E-state index contributed by atoms with van der Waals surface area (Å²) in [7, 11) is 2.21. The maximum Gasteiger partial charge on any atom is 0.109 e. The Kier molecular flexibility index (Phi) is 3.91. The Morgan fingerprint density at radius 3 is 2.73 bits per heavy atom. The van der Waals surface area contributed by atoms with Gasteiger partial charge in [0.05, 0.1) is 18.8 Å². The van der Waals surface area contributed by atoms with Gasteiger partial charge in [0.15, 0.2) is 0 Å². The standard InChI is InChI=1S/C11H20INO2/c1-7(2)15-8-4-9-10(5-8)13(3)11(9)6-14-12/h7-11H,4-6H2,1-3H3. The maximum atomic E-state index is 5.90. The normalized spacial score (nSPS) is 40.6. The summed E-state index contributed by atoms with van der Waals surface area (Å²) in [6.07, 6.45) is 3.26. The fraction of sp³-hybridized carbons (Fsp3) is 1.00. The molecule has 1 saturated heterocycles. The number of rotatable bonds is 4. The van der Waals surface area contributed by atoms with Crippen LogP contribution in [0.2, 0.25) is 0 Å². The molecule has 15 heavy (non-hydrogen) atoms. The number of nitrogens with zero attached hydrogens (tertiary/aromatic N) is 1. The highest BCUT2D eigenvalue weighted by atomic mass is 127. The fourth-order valence-corrected chi connectivity index (χ4v) is 3.50. The van der Waals surface area contributed by atoms with Crippen LogP contribution in [0.4, 0.5) is 0 Å². The van der Waals surface area contributed by atoms with E-state index in [1.54, 1.807) is 0 Å².